The molecular weight excluding hydrogens is 366 g/mol. The van der Waals surface area contributed by atoms with Crippen LogP contribution >= 0.6 is 0 Å². The molecule has 146 valence electrons. The number of benzene rings is 3. The Bertz CT molecular complexity index is 1170. The monoisotopic (exact) mass is 387 g/mol. The van der Waals surface area contributed by atoms with Crippen molar-refractivity contribution in [3.63, 3.8) is 0 Å². The molecule has 4 aromatic rings. The molecule has 0 aliphatic carbocycles. The zero-order valence-electron chi connectivity index (χ0n) is 16.2. The summed E-state index contributed by atoms with van der Waals surface area (Å²) in [7, 11) is 3.09. The first-order valence-corrected chi connectivity index (χ1v) is 9.14. The number of nitrogens with one attached hydrogen (secondary N) is 3. The van der Waals surface area contributed by atoms with E-state index in [9.17, 15) is 4.79 Å². The number of hydrogen-bond acceptors (Lipinski definition) is 3. The van der Waals surface area contributed by atoms with Crippen LogP contribution in [0.5, 0.6) is 11.5 Å². The van der Waals surface area contributed by atoms with Crippen molar-refractivity contribution >= 4 is 28.3 Å². The summed E-state index contributed by atoms with van der Waals surface area (Å²) in [6.45, 7) is 0. The Morgan fingerprint density at radius 3 is 2.52 bits per heavy atom. The lowest BCUT2D eigenvalue weighted by molar-refractivity contribution is 0.262. The van der Waals surface area contributed by atoms with E-state index in [-0.39, 0.29) is 6.03 Å². The van der Waals surface area contributed by atoms with E-state index in [1.165, 1.54) is 7.11 Å². The molecule has 0 saturated heterocycles. The zero-order chi connectivity index (χ0) is 20.2. The van der Waals surface area contributed by atoms with E-state index in [2.05, 4.69) is 33.8 Å². The van der Waals surface area contributed by atoms with Crippen molar-refractivity contribution in [2.75, 3.05) is 24.9 Å². The van der Waals surface area contributed by atoms with E-state index >= 15 is 0 Å². The third-order valence-electron chi connectivity index (χ3n) is 4.66. The number of carbonyl (C=O) groups excluding carboxylic acids is 1. The standard InChI is InChI=1S/C23H21N3O3/c1-28-21-8-4-7-19(22(21)29-2)26-23(27)25-18-6-3-5-16(13-18)17-10-9-15-11-12-24-20(15)14-17/h3-14,24H,1-2H3,(H2,25,26,27). The maximum absolute atomic E-state index is 12.5. The lowest BCUT2D eigenvalue weighted by Crippen LogP contribution is -2.19. The summed E-state index contributed by atoms with van der Waals surface area (Å²) in [4.78, 5) is 15.7. The molecule has 4 rings (SSSR count). The van der Waals surface area contributed by atoms with E-state index in [0.717, 1.165) is 22.0 Å². The molecule has 6 heteroatoms. The van der Waals surface area contributed by atoms with Crippen molar-refractivity contribution in [2.45, 2.75) is 0 Å². The minimum absolute atomic E-state index is 0.367. The van der Waals surface area contributed by atoms with Gasteiger partial charge in [-0.25, -0.2) is 4.79 Å². The third-order valence-corrected chi connectivity index (χ3v) is 4.66. The summed E-state index contributed by atoms with van der Waals surface area (Å²) >= 11 is 0. The first-order chi connectivity index (χ1) is 14.2. The van der Waals surface area contributed by atoms with Gasteiger partial charge in [0.05, 0.1) is 19.9 Å². The third kappa shape index (κ3) is 3.87. The molecule has 0 bridgehead atoms. The van der Waals surface area contributed by atoms with E-state index in [0.29, 0.717) is 22.9 Å². The summed E-state index contributed by atoms with van der Waals surface area (Å²) in [5.74, 6) is 1.02. The largest absolute Gasteiger partial charge is 0.493 e. The SMILES string of the molecule is COc1cccc(NC(=O)Nc2cccc(-c3ccc4cc[nH]c4c3)c2)c1OC. The minimum atomic E-state index is -0.367. The van der Waals surface area contributed by atoms with Gasteiger partial charge in [0.2, 0.25) is 0 Å². The molecular formula is C23H21N3O3. The van der Waals surface area contributed by atoms with Crippen LogP contribution in [0.1, 0.15) is 0 Å². The van der Waals surface area contributed by atoms with Crippen LogP contribution in [0.4, 0.5) is 16.2 Å². The molecule has 0 spiro atoms. The van der Waals surface area contributed by atoms with Crippen molar-refractivity contribution in [2.24, 2.45) is 0 Å². The maximum atomic E-state index is 12.5. The molecule has 0 radical (unpaired) electrons. The molecule has 3 aromatic carbocycles. The van der Waals surface area contributed by atoms with Gasteiger partial charge in [0, 0.05) is 17.4 Å². The summed E-state index contributed by atoms with van der Waals surface area (Å²) in [5.41, 5.74) is 4.37. The Labute approximate surface area is 168 Å². The summed E-state index contributed by atoms with van der Waals surface area (Å²) < 4.78 is 10.6. The first kappa shape index (κ1) is 18.4. The summed E-state index contributed by atoms with van der Waals surface area (Å²) in [6, 6.07) is 20.9. The molecule has 0 aliphatic heterocycles. The Morgan fingerprint density at radius 1 is 0.862 bits per heavy atom. The van der Waals surface area contributed by atoms with E-state index in [4.69, 9.17) is 9.47 Å². The fourth-order valence-corrected chi connectivity index (χ4v) is 3.27. The van der Waals surface area contributed by atoms with Gasteiger partial charge in [-0.05, 0) is 52.9 Å². The summed E-state index contributed by atoms with van der Waals surface area (Å²) in [6.07, 6.45) is 1.92. The van der Waals surface area contributed by atoms with E-state index in [1.807, 2.05) is 36.5 Å². The number of aromatic nitrogens is 1. The second-order valence-electron chi connectivity index (χ2n) is 6.48. The lowest BCUT2D eigenvalue weighted by atomic mass is 10.0. The number of anilines is 2. The Hall–Kier alpha value is -3.93. The Balaban J connectivity index is 1.53. The number of hydrogen-bond donors (Lipinski definition) is 3. The van der Waals surface area contributed by atoms with Gasteiger partial charge in [0.15, 0.2) is 11.5 Å². The van der Waals surface area contributed by atoms with Crippen LogP contribution in [0, 0.1) is 0 Å². The van der Waals surface area contributed by atoms with Crippen LogP contribution in [0.3, 0.4) is 0 Å². The van der Waals surface area contributed by atoms with Crippen LogP contribution in [0.2, 0.25) is 0 Å². The molecule has 29 heavy (non-hydrogen) atoms. The average molecular weight is 387 g/mol. The van der Waals surface area contributed by atoms with E-state index < -0.39 is 0 Å². The molecule has 1 aromatic heterocycles. The number of carbonyl (C=O) groups is 1. The second-order valence-corrected chi connectivity index (χ2v) is 6.48. The van der Waals surface area contributed by atoms with Gasteiger partial charge in [0.1, 0.15) is 0 Å². The highest BCUT2D eigenvalue weighted by molar-refractivity contribution is 6.01. The topological polar surface area (TPSA) is 75.4 Å². The second kappa shape index (κ2) is 7.98. The number of fused-ring (bicyclic) bond motifs is 1. The van der Waals surface area contributed by atoms with Gasteiger partial charge < -0.3 is 25.1 Å². The highest BCUT2D eigenvalue weighted by atomic mass is 16.5. The predicted octanol–water partition coefficient (Wildman–Crippen LogP) is 5.50. The number of H-pyrrole nitrogens is 1. The number of para-hydroxylation sites is 1. The molecule has 0 saturated carbocycles. The van der Waals surface area contributed by atoms with Gasteiger partial charge in [-0.1, -0.05) is 30.3 Å². The molecule has 0 aliphatic rings. The van der Waals surface area contributed by atoms with Crippen LogP contribution in [-0.2, 0) is 0 Å². The number of urea groups is 1. The maximum Gasteiger partial charge on any atom is 0.323 e. The number of rotatable bonds is 5. The normalized spacial score (nSPS) is 10.6. The summed E-state index contributed by atoms with van der Waals surface area (Å²) in [5, 5.41) is 6.83. The van der Waals surface area contributed by atoms with Crippen molar-refractivity contribution < 1.29 is 14.3 Å². The highest BCUT2D eigenvalue weighted by Gasteiger charge is 2.12. The minimum Gasteiger partial charge on any atom is -0.493 e. The number of ether oxygens (including phenoxy) is 2. The molecule has 1 heterocycles. The Kier molecular flexibility index (Phi) is 5.07. The number of amides is 2. The molecule has 0 unspecified atom stereocenters. The molecule has 0 atom stereocenters. The number of methoxy groups -OCH3 is 2. The van der Waals surface area contributed by atoms with Crippen molar-refractivity contribution in [3.8, 4) is 22.6 Å². The fraction of sp³-hybridized carbons (Fsp3) is 0.0870. The van der Waals surface area contributed by atoms with Crippen molar-refractivity contribution in [3.05, 3.63) is 72.9 Å². The average Bonchev–Trinajstić information content (AvgIpc) is 3.21. The van der Waals surface area contributed by atoms with Crippen LogP contribution in [0.25, 0.3) is 22.0 Å². The van der Waals surface area contributed by atoms with Gasteiger partial charge in [0.25, 0.3) is 0 Å². The first-order valence-electron chi connectivity index (χ1n) is 9.14. The van der Waals surface area contributed by atoms with Crippen molar-refractivity contribution in [1.82, 2.24) is 4.98 Å². The van der Waals surface area contributed by atoms with Gasteiger partial charge in [-0.15, -0.1) is 0 Å². The lowest BCUT2D eigenvalue weighted by Gasteiger charge is -2.14. The quantitative estimate of drug-likeness (QED) is 0.423. The van der Waals surface area contributed by atoms with Crippen LogP contribution < -0.4 is 20.1 Å². The predicted molar refractivity (Wildman–Crippen MR) is 116 cm³/mol. The van der Waals surface area contributed by atoms with Gasteiger partial charge in [-0.2, -0.15) is 0 Å². The molecule has 6 nitrogen and oxygen atoms in total. The van der Waals surface area contributed by atoms with E-state index in [1.54, 1.807) is 25.3 Å². The van der Waals surface area contributed by atoms with Crippen LogP contribution in [-0.4, -0.2) is 25.2 Å². The molecule has 0 fully saturated rings. The van der Waals surface area contributed by atoms with Gasteiger partial charge in [-0.3, -0.25) is 0 Å². The molecule has 3 N–H and O–H groups in total. The zero-order valence-corrected chi connectivity index (χ0v) is 16.2. The number of aromatic amines is 1. The Morgan fingerprint density at radius 2 is 1.69 bits per heavy atom. The molecule has 2 amide bonds. The smallest absolute Gasteiger partial charge is 0.323 e. The highest BCUT2D eigenvalue weighted by Crippen LogP contribution is 2.34. The van der Waals surface area contributed by atoms with Gasteiger partial charge >= 0.3 is 6.03 Å². The fourth-order valence-electron chi connectivity index (χ4n) is 3.27. The van der Waals surface area contributed by atoms with Crippen LogP contribution in [0.15, 0.2) is 72.9 Å². The van der Waals surface area contributed by atoms with Crippen molar-refractivity contribution in [1.29, 1.82) is 0 Å².